The molecule has 172 valence electrons. The summed E-state index contributed by atoms with van der Waals surface area (Å²) in [6.45, 7) is 2.83. The number of fused-ring (bicyclic) bond motifs is 1. The Hall–Kier alpha value is -4.54. The van der Waals surface area contributed by atoms with E-state index in [1.807, 2.05) is 0 Å². The summed E-state index contributed by atoms with van der Waals surface area (Å²) in [5.41, 5.74) is 1.14. The van der Waals surface area contributed by atoms with Gasteiger partial charge in [-0.2, -0.15) is 9.49 Å². The highest BCUT2D eigenvalue weighted by molar-refractivity contribution is 6.04. The molecule has 11 heteroatoms. The molecule has 1 atom stereocenters. The molecule has 0 radical (unpaired) electrons. The van der Waals surface area contributed by atoms with E-state index in [1.165, 1.54) is 60.2 Å². The molecule has 0 aliphatic rings. The number of imidazole rings is 1. The first kappa shape index (κ1) is 22.6. The Morgan fingerprint density at radius 2 is 1.85 bits per heavy atom. The third kappa shape index (κ3) is 4.77. The third-order valence-electron chi connectivity index (χ3n) is 4.93. The van der Waals surface area contributed by atoms with E-state index >= 15 is 0 Å². The summed E-state index contributed by atoms with van der Waals surface area (Å²) in [5.74, 6) is -2.65. The van der Waals surface area contributed by atoms with Crippen LogP contribution in [0.4, 0.5) is 14.6 Å². The number of Topliss-reactive ketones (excluding diaryl/α,β-unsaturated/α-hetero) is 1. The van der Waals surface area contributed by atoms with Crippen LogP contribution in [0.5, 0.6) is 0 Å². The second-order valence-electron chi connectivity index (χ2n) is 7.48. The Bertz CT molecular complexity index is 1440. The van der Waals surface area contributed by atoms with Crippen LogP contribution >= 0.6 is 0 Å². The maximum Gasteiger partial charge on any atom is 0.257 e. The van der Waals surface area contributed by atoms with Crippen molar-refractivity contribution in [2.45, 2.75) is 19.9 Å². The summed E-state index contributed by atoms with van der Waals surface area (Å²) in [5, 5.41) is 9.34. The number of pyridine rings is 1. The molecule has 4 aromatic rings. The highest BCUT2D eigenvalue weighted by Crippen LogP contribution is 2.21. The number of ketones is 1. The van der Waals surface area contributed by atoms with Crippen molar-refractivity contribution in [3.05, 3.63) is 89.0 Å². The van der Waals surface area contributed by atoms with Crippen LogP contribution in [0.25, 0.3) is 5.65 Å². The number of amides is 2. The van der Waals surface area contributed by atoms with Crippen LogP contribution in [-0.4, -0.2) is 37.2 Å². The number of anilines is 1. The summed E-state index contributed by atoms with van der Waals surface area (Å²) < 4.78 is 28.3. The highest BCUT2D eigenvalue weighted by atomic mass is 19.1. The number of hydrogen-bond donors (Lipinski definition) is 2. The zero-order valence-corrected chi connectivity index (χ0v) is 18.0. The Morgan fingerprint density at radius 1 is 1.06 bits per heavy atom. The van der Waals surface area contributed by atoms with E-state index in [0.717, 1.165) is 6.07 Å². The number of aromatic nitrogens is 4. The van der Waals surface area contributed by atoms with Crippen molar-refractivity contribution in [2.75, 3.05) is 5.32 Å². The van der Waals surface area contributed by atoms with Gasteiger partial charge in [-0.15, -0.1) is 0 Å². The van der Waals surface area contributed by atoms with Gasteiger partial charge in [0, 0.05) is 24.8 Å². The van der Waals surface area contributed by atoms with E-state index in [-0.39, 0.29) is 17.1 Å². The minimum absolute atomic E-state index is 0.0136. The van der Waals surface area contributed by atoms with Crippen LogP contribution in [0, 0.1) is 18.7 Å². The Labute approximate surface area is 191 Å². The highest BCUT2D eigenvalue weighted by Gasteiger charge is 2.25. The molecular formula is C23H18F2N6O3. The van der Waals surface area contributed by atoms with Gasteiger partial charge in [0.2, 0.25) is 17.6 Å². The molecule has 3 heterocycles. The lowest BCUT2D eigenvalue weighted by Gasteiger charge is -2.17. The third-order valence-corrected chi connectivity index (χ3v) is 4.93. The molecule has 1 unspecified atom stereocenters. The first-order valence-corrected chi connectivity index (χ1v) is 10.1. The fraction of sp³-hybridized carbons (Fsp3) is 0.130. The standard InChI is InChI=1S/C23H18F2N6O3/c1-12-9-14(3-4-16(12)24)21(27-13(2)32)22(33)17-5-6-20-28-19(11-31(20)30-17)29-23(34)15-7-8-26-18(25)10-15/h3-11,21H,1-2H3,(H,27,32)(H,29,34). The summed E-state index contributed by atoms with van der Waals surface area (Å²) in [4.78, 5) is 44.9. The average Bonchev–Trinajstić information content (AvgIpc) is 3.20. The topological polar surface area (TPSA) is 118 Å². The minimum atomic E-state index is -1.08. The fourth-order valence-corrected chi connectivity index (χ4v) is 3.30. The largest absolute Gasteiger partial charge is 0.342 e. The first-order valence-electron chi connectivity index (χ1n) is 10.1. The van der Waals surface area contributed by atoms with Crippen molar-refractivity contribution in [1.82, 2.24) is 24.9 Å². The first-order chi connectivity index (χ1) is 16.2. The lowest BCUT2D eigenvalue weighted by molar-refractivity contribution is -0.119. The van der Waals surface area contributed by atoms with Gasteiger partial charge in [-0.25, -0.2) is 18.9 Å². The summed E-state index contributed by atoms with van der Waals surface area (Å²) >= 11 is 0. The van der Waals surface area contributed by atoms with Gasteiger partial charge in [0.25, 0.3) is 5.91 Å². The lowest BCUT2D eigenvalue weighted by atomic mass is 9.98. The molecule has 4 rings (SSSR count). The molecule has 0 bridgehead atoms. The zero-order chi connectivity index (χ0) is 24.4. The lowest BCUT2D eigenvalue weighted by Crippen LogP contribution is -2.33. The van der Waals surface area contributed by atoms with Crippen LogP contribution in [-0.2, 0) is 4.79 Å². The molecule has 0 aliphatic carbocycles. The van der Waals surface area contributed by atoms with E-state index in [0.29, 0.717) is 16.8 Å². The van der Waals surface area contributed by atoms with Crippen LogP contribution in [0.1, 0.15) is 44.9 Å². The van der Waals surface area contributed by atoms with Gasteiger partial charge in [0.1, 0.15) is 17.6 Å². The van der Waals surface area contributed by atoms with Crippen molar-refractivity contribution >= 4 is 29.1 Å². The van der Waals surface area contributed by atoms with Gasteiger partial charge < -0.3 is 10.6 Å². The quantitative estimate of drug-likeness (QED) is 0.335. The van der Waals surface area contributed by atoms with Gasteiger partial charge in [0.05, 0.1) is 6.20 Å². The van der Waals surface area contributed by atoms with Gasteiger partial charge in [-0.1, -0.05) is 12.1 Å². The minimum Gasteiger partial charge on any atom is -0.342 e. The Balaban J connectivity index is 1.61. The van der Waals surface area contributed by atoms with Crippen LogP contribution in [0.3, 0.4) is 0 Å². The molecule has 1 aromatic carbocycles. The van der Waals surface area contributed by atoms with Crippen molar-refractivity contribution in [1.29, 1.82) is 0 Å². The second kappa shape index (κ2) is 9.14. The van der Waals surface area contributed by atoms with Gasteiger partial charge in [-0.3, -0.25) is 14.4 Å². The fourth-order valence-electron chi connectivity index (χ4n) is 3.30. The monoisotopic (exact) mass is 464 g/mol. The van der Waals surface area contributed by atoms with Crippen LogP contribution < -0.4 is 10.6 Å². The van der Waals surface area contributed by atoms with Gasteiger partial charge in [0.15, 0.2) is 11.5 Å². The normalized spacial score (nSPS) is 11.8. The number of carbonyl (C=O) groups is 3. The molecule has 0 fully saturated rings. The number of rotatable bonds is 6. The second-order valence-corrected chi connectivity index (χ2v) is 7.48. The molecule has 0 aliphatic heterocycles. The molecule has 34 heavy (non-hydrogen) atoms. The number of benzene rings is 1. The number of carbonyl (C=O) groups excluding carboxylic acids is 3. The Morgan fingerprint density at radius 3 is 2.56 bits per heavy atom. The van der Waals surface area contributed by atoms with Crippen LogP contribution in [0.15, 0.2) is 54.9 Å². The number of nitrogens with zero attached hydrogens (tertiary/aromatic N) is 4. The Kier molecular flexibility index (Phi) is 6.09. The van der Waals surface area contributed by atoms with Gasteiger partial charge >= 0.3 is 0 Å². The average molecular weight is 464 g/mol. The van der Waals surface area contributed by atoms with E-state index in [9.17, 15) is 23.2 Å². The number of hydrogen-bond acceptors (Lipinski definition) is 6. The van der Waals surface area contributed by atoms with E-state index in [1.54, 1.807) is 6.92 Å². The van der Waals surface area contributed by atoms with Gasteiger partial charge in [-0.05, 0) is 42.3 Å². The molecule has 2 N–H and O–H groups in total. The number of halogens is 2. The molecule has 0 saturated heterocycles. The van der Waals surface area contributed by atoms with Crippen molar-refractivity contribution < 1.29 is 23.2 Å². The zero-order valence-electron chi connectivity index (χ0n) is 18.0. The maximum absolute atomic E-state index is 13.7. The molecule has 0 saturated carbocycles. The number of aryl methyl sites for hydroxylation is 1. The predicted molar refractivity (Wildman–Crippen MR) is 117 cm³/mol. The van der Waals surface area contributed by atoms with E-state index in [2.05, 4.69) is 25.7 Å². The summed E-state index contributed by atoms with van der Waals surface area (Å²) in [6, 6.07) is 8.34. The summed E-state index contributed by atoms with van der Waals surface area (Å²) in [7, 11) is 0. The summed E-state index contributed by atoms with van der Waals surface area (Å²) in [6.07, 6.45) is 2.55. The predicted octanol–water partition coefficient (Wildman–Crippen LogP) is 3.02. The maximum atomic E-state index is 13.7. The van der Waals surface area contributed by atoms with Crippen molar-refractivity contribution in [3.63, 3.8) is 0 Å². The number of nitrogens with one attached hydrogen (secondary N) is 2. The SMILES string of the molecule is CC(=O)NC(C(=O)c1ccc2nc(NC(=O)c3ccnc(F)c3)cn2n1)c1ccc(F)c(C)c1. The molecule has 2 amide bonds. The molecule has 0 spiro atoms. The van der Waals surface area contributed by atoms with E-state index in [4.69, 9.17) is 0 Å². The molecule has 9 nitrogen and oxygen atoms in total. The van der Waals surface area contributed by atoms with Crippen molar-refractivity contribution in [2.24, 2.45) is 0 Å². The van der Waals surface area contributed by atoms with Crippen LogP contribution in [0.2, 0.25) is 0 Å². The smallest absolute Gasteiger partial charge is 0.257 e. The molecular weight excluding hydrogens is 446 g/mol. The molecule has 3 aromatic heterocycles. The van der Waals surface area contributed by atoms with Crippen molar-refractivity contribution in [3.8, 4) is 0 Å². The van der Waals surface area contributed by atoms with E-state index < -0.39 is 35.4 Å².